The van der Waals surface area contributed by atoms with Gasteiger partial charge < -0.3 is 4.57 Å². The molecule has 1 aliphatic rings. The fourth-order valence-electron chi connectivity index (χ4n) is 2.86. The number of imidazole rings is 1. The van der Waals surface area contributed by atoms with E-state index in [0.29, 0.717) is 0 Å². The summed E-state index contributed by atoms with van der Waals surface area (Å²) < 4.78 is 16.4. The normalized spacial score (nSPS) is 17.6. The highest BCUT2D eigenvalue weighted by Gasteiger charge is 2.30. The van der Waals surface area contributed by atoms with E-state index in [-0.39, 0.29) is 11.2 Å². The van der Waals surface area contributed by atoms with E-state index in [9.17, 15) is 4.39 Å². The van der Waals surface area contributed by atoms with Crippen LogP contribution in [-0.2, 0) is 5.75 Å². The molecule has 1 aromatic heterocycles. The van der Waals surface area contributed by atoms with Crippen molar-refractivity contribution in [2.75, 3.05) is 0 Å². The Kier molecular flexibility index (Phi) is 2.60. The minimum atomic E-state index is -0.131. The zero-order valence-corrected chi connectivity index (χ0v) is 11.8. The highest BCUT2D eigenvalue weighted by atomic mass is 32.2. The Balaban J connectivity index is 1.97. The van der Waals surface area contributed by atoms with Crippen molar-refractivity contribution < 1.29 is 4.39 Å². The second-order valence-corrected chi connectivity index (χ2v) is 6.09. The number of hydrogen-bond donors (Lipinski definition) is 0. The quantitative estimate of drug-likeness (QED) is 0.664. The third-order valence-corrected chi connectivity index (χ3v) is 4.98. The van der Waals surface area contributed by atoms with E-state index in [0.717, 1.165) is 33.7 Å². The maximum absolute atomic E-state index is 14.3. The molecular weight excluding hydrogens is 271 g/mol. The third kappa shape index (κ3) is 1.61. The van der Waals surface area contributed by atoms with E-state index in [1.54, 1.807) is 23.9 Å². The summed E-state index contributed by atoms with van der Waals surface area (Å²) in [5.41, 5.74) is 3.84. The minimum absolute atomic E-state index is 0.0152. The van der Waals surface area contributed by atoms with Gasteiger partial charge in [-0.3, -0.25) is 0 Å². The lowest BCUT2D eigenvalue weighted by atomic mass is 10.1. The van der Waals surface area contributed by atoms with Crippen LogP contribution in [0, 0.1) is 12.7 Å². The van der Waals surface area contributed by atoms with Crippen LogP contribution < -0.4 is 0 Å². The van der Waals surface area contributed by atoms with Crippen LogP contribution in [0.4, 0.5) is 4.39 Å². The Morgan fingerprint density at radius 3 is 2.90 bits per heavy atom. The van der Waals surface area contributed by atoms with Gasteiger partial charge in [-0.1, -0.05) is 24.3 Å². The predicted molar refractivity (Wildman–Crippen MR) is 80.3 cm³/mol. The van der Waals surface area contributed by atoms with Gasteiger partial charge in [0.1, 0.15) is 17.0 Å². The summed E-state index contributed by atoms with van der Waals surface area (Å²) in [6, 6.07) is 13.3. The first-order chi connectivity index (χ1) is 9.75. The van der Waals surface area contributed by atoms with Gasteiger partial charge in [0.25, 0.3) is 0 Å². The van der Waals surface area contributed by atoms with Gasteiger partial charge in [-0.05, 0) is 30.7 Å². The number of aryl methyl sites for hydroxylation is 1. The number of thioether (sulfide) groups is 1. The SMILES string of the molecule is Cc1cccc(F)c1C1SCc2nc3ccccc3n21. The number of hydrogen-bond acceptors (Lipinski definition) is 2. The van der Waals surface area contributed by atoms with Crippen molar-refractivity contribution in [3.63, 3.8) is 0 Å². The zero-order valence-electron chi connectivity index (χ0n) is 11.0. The largest absolute Gasteiger partial charge is 0.310 e. The van der Waals surface area contributed by atoms with E-state index in [2.05, 4.69) is 15.6 Å². The summed E-state index contributed by atoms with van der Waals surface area (Å²) in [6.07, 6.45) is 0. The first kappa shape index (κ1) is 12.0. The maximum atomic E-state index is 14.3. The molecule has 1 atom stereocenters. The van der Waals surface area contributed by atoms with Crippen LogP contribution in [0.3, 0.4) is 0 Å². The molecule has 2 nitrogen and oxygen atoms in total. The summed E-state index contributed by atoms with van der Waals surface area (Å²) in [6.45, 7) is 1.97. The molecule has 2 heterocycles. The van der Waals surface area contributed by atoms with Crippen LogP contribution in [0.2, 0.25) is 0 Å². The Morgan fingerprint density at radius 1 is 1.20 bits per heavy atom. The Labute approximate surface area is 120 Å². The lowest BCUT2D eigenvalue weighted by Gasteiger charge is -2.17. The van der Waals surface area contributed by atoms with Crippen LogP contribution >= 0.6 is 11.8 Å². The first-order valence-corrected chi connectivity index (χ1v) is 7.63. The number of benzene rings is 2. The van der Waals surface area contributed by atoms with Crippen molar-refractivity contribution in [1.82, 2.24) is 9.55 Å². The minimum Gasteiger partial charge on any atom is -0.310 e. The average molecular weight is 284 g/mol. The van der Waals surface area contributed by atoms with Crippen molar-refractivity contribution in [2.24, 2.45) is 0 Å². The van der Waals surface area contributed by atoms with E-state index in [4.69, 9.17) is 0 Å². The zero-order chi connectivity index (χ0) is 13.7. The van der Waals surface area contributed by atoms with E-state index < -0.39 is 0 Å². The van der Waals surface area contributed by atoms with Gasteiger partial charge in [0, 0.05) is 5.56 Å². The molecule has 0 bridgehead atoms. The number of para-hydroxylation sites is 2. The van der Waals surface area contributed by atoms with E-state index >= 15 is 0 Å². The van der Waals surface area contributed by atoms with Crippen molar-refractivity contribution in [2.45, 2.75) is 18.1 Å². The molecule has 0 radical (unpaired) electrons. The van der Waals surface area contributed by atoms with Crippen molar-refractivity contribution in [1.29, 1.82) is 0 Å². The lowest BCUT2D eigenvalue weighted by molar-refractivity contribution is 0.597. The van der Waals surface area contributed by atoms with Crippen LogP contribution in [0.25, 0.3) is 11.0 Å². The Morgan fingerprint density at radius 2 is 2.05 bits per heavy atom. The van der Waals surface area contributed by atoms with Gasteiger partial charge in [-0.15, -0.1) is 11.8 Å². The topological polar surface area (TPSA) is 17.8 Å². The molecule has 0 aliphatic carbocycles. The summed E-state index contributed by atoms with van der Waals surface area (Å²) in [5, 5.41) is -0.0152. The summed E-state index contributed by atoms with van der Waals surface area (Å²) in [7, 11) is 0. The number of fused-ring (bicyclic) bond motifs is 3. The smallest absolute Gasteiger partial charge is 0.129 e. The number of nitrogens with zero attached hydrogens (tertiary/aromatic N) is 2. The molecule has 0 saturated heterocycles. The van der Waals surface area contributed by atoms with Gasteiger partial charge in [0.15, 0.2) is 0 Å². The summed E-state index contributed by atoms with van der Waals surface area (Å²) >= 11 is 1.73. The standard InChI is InChI=1S/C16H13FN2S/c1-10-5-4-6-11(17)15(10)16-19-13-8-3-2-7-12(13)18-14(19)9-20-16/h2-8,16H,9H2,1H3. The fraction of sp³-hybridized carbons (Fsp3) is 0.188. The molecule has 0 N–H and O–H groups in total. The number of halogens is 1. The summed E-state index contributed by atoms with van der Waals surface area (Å²) in [5.74, 6) is 1.73. The van der Waals surface area contributed by atoms with Crippen LogP contribution in [-0.4, -0.2) is 9.55 Å². The highest BCUT2D eigenvalue weighted by molar-refractivity contribution is 7.99. The van der Waals surface area contributed by atoms with Gasteiger partial charge >= 0.3 is 0 Å². The molecular formula is C16H13FN2S. The third-order valence-electron chi connectivity index (χ3n) is 3.79. The first-order valence-electron chi connectivity index (χ1n) is 6.58. The average Bonchev–Trinajstić information content (AvgIpc) is 2.98. The van der Waals surface area contributed by atoms with Gasteiger partial charge in [0.05, 0.1) is 16.8 Å². The lowest BCUT2D eigenvalue weighted by Crippen LogP contribution is -2.07. The molecule has 20 heavy (non-hydrogen) atoms. The van der Waals surface area contributed by atoms with E-state index in [1.165, 1.54) is 0 Å². The Bertz CT molecular complexity index is 789. The second kappa shape index (κ2) is 4.35. The molecule has 0 fully saturated rings. The summed E-state index contributed by atoms with van der Waals surface area (Å²) in [4.78, 5) is 4.65. The maximum Gasteiger partial charge on any atom is 0.129 e. The molecule has 1 unspecified atom stereocenters. The monoisotopic (exact) mass is 284 g/mol. The van der Waals surface area contributed by atoms with Gasteiger partial charge in [-0.25, -0.2) is 9.37 Å². The molecule has 0 saturated carbocycles. The van der Waals surface area contributed by atoms with Crippen LogP contribution in [0.1, 0.15) is 22.3 Å². The van der Waals surface area contributed by atoms with Gasteiger partial charge in [0.2, 0.25) is 0 Å². The van der Waals surface area contributed by atoms with Crippen LogP contribution in [0.5, 0.6) is 0 Å². The molecule has 2 aromatic carbocycles. The Hall–Kier alpha value is -1.81. The fourth-order valence-corrected chi connectivity index (χ4v) is 4.22. The molecule has 4 rings (SSSR count). The van der Waals surface area contributed by atoms with Crippen molar-refractivity contribution >= 4 is 22.8 Å². The molecule has 3 aromatic rings. The predicted octanol–water partition coefficient (Wildman–Crippen LogP) is 4.28. The molecule has 0 spiro atoms. The van der Waals surface area contributed by atoms with Crippen molar-refractivity contribution in [3.8, 4) is 0 Å². The molecule has 1 aliphatic heterocycles. The van der Waals surface area contributed by atoms with E-state index in [1.807, 2.05) is 31.2 Å². The van der Waals surface area contributed by atoms with Gasteiger partial charge in [-0.2, -0.15) is 0 Å². The second-order valence-electron chi connectivity index (χ2n) is 5.02. The molecule has 0 amide bonds. The highest BCUT2D eigenvalue weighted by Crippen LogP contribution is 2.44. The van der Waals surface area contributed by atoms with Crippen LogP contribution in [0.15, 0.2) is 42.5 Å². The molecule has 4 heteroatoms. The van der Waals surface area contributed by atoms with Crippen molar-refractivity contribution in [3.05, 3.63) is 65.2 Å². The number of aromatic nitrogens is 2. The number of rotatable bonds is 1. The molecule has 100 valence electrons.